The molecule has 49 nitrogen and oxygen atoms in total. The summed E-state index contributed by atoms with van der Waals surface area (Å²) in [6.07, 6.45) is -21.5. The quantitative estimate of drug-likeness (QED) is 0.0196. The lowest BCUT2D eigenvalue weighted by Crippen LogP contribution is -2.33. The zero-order valence-corrected chi connectivity index (χ0v) is 76.8. The summed E-state index contributed by atoms with van der Waals surface area (Å²) in [6.45, 7) is -21.8. The second-order valence-corrected chi connectivity index (χ2v) is 46.8. The summed E-state index contributed by atoms with van der Waals surface area (Å²) in [5.74, 6) is 0. The van der Waals surface area contributed by atoms with E-state index in [0.29, 0.717) is 0 Å². The maximum atomic E-state index is 14.8. The first kappa shape index (κ1) is 97.8. The minimum atomic E-state index is -4.93. The lowest BCUT2D eigenvalue weighted by Gasteiger charge is -2.27. The van der Waals surface area contributed by atoms with Gasteiger partial charge in [0.25, 0.3) is 33.4 Å². The molecule has 0 aromatic carbocycles. The number of aromatic nitrogens is 12. The molecule has 0 bridgehead atoms. The first-order valence-corrected chi connectivity index (χ1v) is 53.5. The first-order chi connectivity index (χ1) is 57.9. The second kappa shape index (κ2) is 39.5. The number of nitrogens with zero attached hydrogens (tertiary/aromatic N) is 6. The third-order valence-corrected chi connectivity index (χ3v) is 30.0. The highest BCUT2D eigenvalue weighted by Gasteiger charge is 2.51. The molecule has 0 radical (unpaired) electrons. The zero-order valence-electron chi connectivity index (χ0n) is 66.1. The fraction of sp³-hybridized carbons (Fsp3) is 0.619. The molecule has 124 heavy (non-hydrogen) atoms. The van der Waals surface area contributed by atoms with Crippen molar-refractivity contribution in [2.75, 3.05) is 39.6 Å². The predicted octanol–water partition coefficient (Wildman–Crippen LogP) is 3.90. The summed E-state index contributed by atoms with van der Waals surface area (Å²) < 4.78 is 198. The van der Waals surface area contributed by atoms with Gasteiger partial charge in [-0.25, -0.2) is 56.2 Å². The highest BCUT2D eigenvalue weighted by molar-refractivity contribution is 8.46. The van der Waals surface area contributed by atoms with Gasteiger partial charge in [-0.2, -0.15) is 0 Å². The summed E-state index contributed by atoms with van der Waals surface area (Å²) in [7, 11) is 0. The van der Waals surface area contributed by atoms with E-state index in [2.05, 4.69) is 103 Å². The molecule has 0 saturated carbocycles. The number of ether oxygens (including phenoxy) is 6. The summed E-state index contributed by atoms with van der Waals surface area (Å²) in [6, 6.07) is 0. The van der Waals surface area contributed by atoms with Gasteiger partial charge in [-0.05, 0) is 55.4 Å². The summed E-state index contributed by atoms with van der Waals surface area (Å²) >= 11 is 25.2. The smallest absolute Gasteiger partial charge is 0.386 e. The molecule has 12 heterocycles. The standard InChI is InChI=1S/C63H86N12O37P6S6/c1-27(2)106-118(94,124)112-39-14-51(75-20-33(8)57(82)69-63(75)88)105-45(39)26-99-117(93,123)111-38-13-50(74-19-32(7)56(81)68-62(74)87)104-44(38)25-98-116(92,122)110-37-12-49(73-18-31(6)55(80)67-61(73)86)103-43(37)24-97-115(91,121)109-36-11-48(72-17-30(5)54(79)66-60(72)85)102-42(36)23-96-114(90,120)108-35-10-47(71-16-29(4)53(78)65-59(71)84)101-41(35)22-95-113(89,119)107-34-9-46(100-40(34)21-76)70-15-28(3)52(77)64-58(70)83/h15-20,27,34-51,76H,9-14,21-26H2,1-8H3,(H,89,119)(H,90,120)(H,91,121)(H,92,122)(H,93,123)(H,94,124)(H,64,77,83)(H,65,78,84)(H,66,79,85)(H,67,80,86)(H,68,81,87)(H,69,82,88)/t34-,35-,36-,37-,38-,39-,40+,41+,42+,43+,44+,45+,46?,47+,48+,49+,50+,51+,113+,114+,115+,116+,117+,118+/m0/s1. The monoisotopic (exact) mass is 1980 g/mol. The van der Waals surface area contributed by atoms with Gasteiger partial charge in [0.1, 0.15) is 111 Å². The van der Waals surface area contributed by atoms with Crippen LogP contribution >= 0.6 is 114 Å². The van der Waals surface area contributed by atoms with Crippen LogP contribution in [0.25, 0.3) is 0 Å². The molecule has 7 N–H and O–H groups in total. The predicted molar refractivity (Wildman–Crippen MR) is 449 cm³/mol. The topological polar surface area (TPSA) is 618 Å². The Hall–Kier alpha value is -5.20. The van der Waals surface area contributed by atoms with Gasteiger partial charge in [0.05, 0.1) is 45.7 Å². The second-order valence-electron chi connectivity index (χ2n) is 29.6. The van der Waals surface area contributed by atoms with Crippen LogP contribution in [0.5, 0.6) is 0 Å². The number of nitrogens with one attached hydrogen (secondary N) is 6. The van der Waals surface area contributed by atoms with Gasteiger partial charge in [0.2, 0.25) is 0 Å². The molecule has 12 rings (SSSR count). The van der Waals surface area contributed by atoms with Crippen LogP contribution < -0.4 is 67.5 Å². The van der Waals surface area contributed by atoms with E-state index < -0.39 is 290 Å². The van der Waals surface area contributed by atoms with Crippen LogP contribution in [0, 0.1) is 41.5 Å². The van der Waals surface area contributed by atoms with E-state index in [4.69, 9.17) is 82.7 Å². The van der Waals surface area contributed by atoms with Crippen LogP contribution in [0.15, 0.2) is 94.7 Å². The number of H-pyrrole nitrogens is 6. The molecule has 6 fully saturated rings. The van der Waals surface area contributed by atoms with E-state index in [-0.39, 0.29) is 46.2 Å². The van der Waals surface area contributed by atoms with Crippen LogP contribution in [0.4, 0.5) is 0 Å². The van der Waals surface area contributed by atoms with Crippen LogP contribution in [0.1, 0.15) is 123 Å². The largest absolute Gasteiger partial charge is 0.394 e. The molecule has 6 saturated heterocycles. The maximum Gasteiger partial charge on any atom is 0.386 e. The van der Waals surface area contributed by atoms with E-state index in [1.165, 1.54) is 53.9 Å². The highest BCUT2D eigenvalue weighted by Crippen LogP contribution is 2.63. The normalized spacial score (nSPS) is 29.5. The number of aliphatic hydroxyl groups is 1. The van der Waals surface area contributed by atoms with E-state index in [0.717, 1.165) is 52.2 Å². The van der Waals surface area contributed by atoms with Crippen molar-refractivity contribution in [3.8, 4) is 0 Å². The fourth-order valence-corrected chi connectivity index (χ4v) is 23.6. The summed E-state index contributed by atoms with van der Waals surface area (Å²) in [5.41, 5.74) is -9.79. The van der Waals surface area contributed by atoms with Crippen molar-refractivity contribution in [3.05, 3.63) is 196 Å². The molecule has 0 spiro atoms. The fourth-order valence-electron chi connectivity index (χ4n) is 13.9. The Bertz CT molecular complexity index is 6110. The Morgan fingerprint density at radius 1 is 0.315 bits per heavy atom. The van der Waals surface area contributed by atoms with E-state index in [1.54, 1.807) is 13.8 Å². The minimum absolute atomic E-state index is 0.00738. The average Bonchev–Trinajstić information content (AvgIpc) is 1.65. The maximum absolute atomic E-state index is 14.8. The Balaban J connectivity index is 0.747. The summed E-state index contributed by atoms with van der Waals surface area (Å²) in [5, 5.41) is 10.2. The van der Waals surface area contributed by atoms with Crippen LogP contribution in [-0.2, 0) is 110 Å². The molecular formula is C63H86N12O37P6S6. The third kappa shape index (κ3) is 24.3. The molecule has 24 atom stereocenters. The molecule has 0 aliphatic carbocycles. The molecule has 6 aliphatic rings. The van der Waals surface area contributed by atoms with Crippen molar-refractivity contribution < 1.29 is 115 Å². The summed E-state index contributed by atoms with van der Waals surface area (Å²) in [4.78, 5) is 167. The molecule has 0 amide bonds. The number of rotatable bonds is 36. The van der Waals surface area contributed by atoms with Crippen LogP contribution in [0.3, 0.4) is 0 Å². The van der Waals surface area contributed by atoms with Crippen molar-refractivity contribution in [3.63, 3.8) is 0 Å². The Labute approximate surface area is 728 Å². The number of aliphatic hydroxyl groups excluding tert-OH is 1. The van der Waals surface area contributed by atoms with Gasteiger partial charge in [0.15, 0.2) is 0 Å². The van der Waals surface area contributed by atoms with Crippen molar-refractivity contribution in [2.24, 2.45) is 0 Å². The molecule has 1 unspecified atom stereocenters. The van der Waals surface area contributed by atoms with Crippen LogP contribution in [-0.4, -0.2) is 181 Å². The van der Waals surface area contributed by atoms with E-state index in [1.807, 2.05) is 0 Å². The number of hydrogen-bond acceptors (Lipinski definition) is 37. The van der Waals surface area contributed by atoms with Crippen molar-refractivity contribution >= 4 is 114 Å². The van der Waals surface area contributed by atoms with Gasteiger partial charge >= 0.3 is 74.9 Å². The third-order valence-electron chi connectivity index (χ3n) is 20.0. The number of aryl methyl sites for hydroxylation is 6. The van der Waals surface area contributed by atoms with E-state index in [9.17, 15) is 90.0 Å². The Morgan fingerprint density at radius 3 is 0.645 bits per heavy atom. The number of aromatic amines is 6. The first-order valence-electron chi connectivity index (χ1n) is 37.3. The molecule has 686 valence electrons. The van der Waals surface area contributed by atoms with Gasteiger partial charge in [-0.3, -0.25) is 140 Å². The van der Waals surface area contributed by atoms with Crippen LogP contribution in [0.2, 0.25) is 0 Å². The van der Waals surface area contributed by atoms with Gasteiger partial charge < -0.3 is 33.5 Å². The molecule has 6 aromatic heterocycles. The molecule has 6 aromatic rings. The molecular weight excluding hydrogens is 1890 g/mol. The number of hydrogen-bond donors (Lipinski definition) is 13. The number of thiol groups is 6. The van der Waals surface area contributed by atoms with Crippen molar-refractivity contribution in [1.82, 2.24) is 57.3 Å². The Kier molecular flexibility index (Phi) is 31.1. The SMILES string of the molecule is Cc1cn(C2C[C@H](O[P@](=O)(S)OC[C@H]3O[C@@H](n4cc(C)c(=O)[nH]c4=O)C[C@@H]3O[P@](=O)(S)OC[C@H]3O[C@@H](n4cc(C)c(=O)[nH]c4=O)C[C@@H]3O[P@](=O)(S)OC[C@H]3O[C@@H](n4cc(C)c(=O)[nH]c4=O)C[C@@H]3O[P@](=O)(S)OC[C@H]3O[C@@H](n4cc(C)c(=O)[nH]c4=O)C[C@@H]3O[P@](=O)(S)OC[C@H]3O[C@@H](n4cc(C)c(=O)[nH]c4=O)C[C@@H]3O[P@](=O)(S)OC(C)C)[C@@H](CO)O2)c(=O)[nH]c1=O. The van der Waals surface area contributed by atoms with Gasteiger partial charge in [-0.1, -0.05) is 73.5 Å². The lowest BCUT2D eigenvalue weighted by atomic mass is 10.2. The lowest BCUT2D eigenvalue weighted by molar-refractivity contribution is -0.0545. The van der Waals surface area contributed by atoms with E-state index >= 15 is 0 Å². The van der Waals surface area contributed by atoms with Gasteiger partial charge in [-0.15, -0.1) is 0 Å². The zero-order chi connectivity index (χ0) is 90.5. The molecule has 6 aliphatic heterocycles. The average molecular weight is 1980 g/mol. The minimum Gasteiger partial charge on any atom is -0.394 e. The van der Waals surface area contributed by atoms with Crippen molar-refractivity contribution in [1.29, 1.82) is 0 Å². The Morgan fingerprint density at radius 2 is 0.476 bits per heavy atom. The highest BCUT2D eigenvalue weighted by atomic mass is 32.7. The van der Waals surface area contributed by atoms with Crippen molar-refractivity contribution in [2.45, 2.75) is 211 Å². The molecule has 61 heteroatoms. The van der Waals surface area contributed by atoms with Gasteiger partial charge in [0, 0.05) is 109 Å².